The Hall–Kier alpha value is -2.17. The van der Waals surface area contributed by atoms with E-state index in [0.29, 0.717) is 30.1 Å². The Labute approximate surface area is 215 Å². The summed E-state index contributed by atoms with van der Waals surface area (Å²) in [5, 5.41) is 10.9. The summed E-state index contributed by atoms with van der Waals surface area (Å²) in [4.78, 5) is 24.3. The molecule has 2 aromatic heterocycles. The maximum atomic E-state index is 13.5. The average molecular weight is 526 g/mol. The molecule has 2 unspecified atom stereocenters. The van der Waals surface area contributed by atoms with E-state index in [1.54, 1.807) is 12.4 Å². The highest BCUT2D eigenvalue weighted by atomic mass is 32.1. The molecule has 0 amide bonds. The quantitative estimate of drug-likeness (QED) is 0.437. The van der Waals surface area contributed by atoms with Crippen LogP contribution in [-0.2, 0) is 16.1 Å². The molecule has 3 rings (SSSR count). The third-order valence-corrected chi connectivity index (χ3v) is 7.49. The first-order chi connectivity index (χ1) is 16.8. The number of alkyl halides is 2. The molecule has 1 aliphatic heterocycles. The van der Waals surface area contributed by atoms with Gasteiger partial charge in [0.25, 0.3) is 0 Å². The van der Waals surface area contributed by atoms with Crippen molar-refractivity contribution in [1.82, 2.24) is 14.9 Å². The molecule has 1 N–H and O–H groups in total. The zero-order valence-electron chi connectivity index (χ0n) is 21.9. The topological polar surface area (TPSA) is 84.8 Å². The van der Waals surface area contributed by atoms with Gasteiger partial charge in [-0.05, 0) is 43.2 Å². The van der Waals surface area contributed by atoms with Crippen LogP contribution in [0.5, 0.6) is 5.88 Å². The fraction of sp³-hybridized carbons (Fsp3) is 0.654. The summed E-state index contributed by atoms with van der Waals surface area (Å²) in [5.41, 5.74) is 0.278. The predicted molar refractivity (Wildman–Crippen MR) is 136 cm³/mol. The number of thiazole rings is 1. The van der Waals surface area contributed by atoms with Crippen LogP contribution in [-0.4, -0.2) is 64.8 Å². The van der Waals surface area contributed by atoms with Gasteiger partial charge < -0.3 is 14.6 Å². The van der Waals surface area contributed by atoms with Crippen molar-refractivity contribution in [1.29, 1.82) is 0 Å². The highest BCUT2D eigenvalue weighted by Gasteiger charge is 2.48. The molecule has 1 aliphatic rings. The number of piperidine rings is 1. The van der Waals surface area contributed by atoms with Crippen molar-refractivity contribution in [2.75, 3.05) is 26.3 Å². The second-order valence-electron chi connectivity index (χ2n) is 11.0. The number of hydrogen-bond donors (Lipinski definition) is 1. The van der Waals surface area contributed by atoms with Crippen LogP contribution in [0.1, 0.15) is 51.5 Å². The lowest BCUT2D eigenvalue weighted by atomic mass is 9.67. The lowest BCUT2D eigenvalue weighted by molar-refractivity contribution is -0.162. The van der Waals surface area contributed by atoms with Gasteiger partial charge in [0.1, 0.15) is 16.6 Å². The first-order valence-corrected chi connectivity index (χ1v) is 13.0. The summed E-state index contributed by atoms with van der Waals surface area (Å²) in [7, 11) is 0. The van der Waals surface area contributed by atoms with Crippen molar-refractivity contribution in [3.05, 3.63) is 28.9 Å². The van der Waals surface area contributed by atoms with Gasteiger partial charge in [0, 0.05) is 43.8 Å². The molecule has 200 valence electrons. The number of carboxylic acids is 1. The molecule has 7 nitrogen and oxygen atoms in total. The number of rotatable bonds is 10. The SMILES string of the molecule is Cc1cnc(OC(C)F)c(-c2ncc(CN3C[C@H](C(C)(C)C)C[C@@](COCC(C)F)(C(=O)O)C3)s2)c1. The molecule has 3 heterocycles. The standard InChI is InChI=1S/C26H37F2N3O4S/c1-16-7-21(22(29-9-16)35-18(3)28)23-30-10-20(36-23)12-31-11-19(25(4,5)6)8-26(14-31,24(32)33)15-34-13-17(2)27/h7,9-10,17-19H,8,11-15H2,1-6H3,(H,32,33)/t17?,18?,19-,26-/m1/s1. The van der Waals surface area contributed by atoms with Gasteiger partial charge in [-0.15, -0.1) is 11.3 Å². The number of hydrogen-bond acceptors (Lipinski definition) is 7. The van der Waals surface area contributed by atoms with Crippen molar-refractivity contribution in [3.63, 3.8) is 0 Å². The molecule has 36 heavy (non-hydrogen) atoms. The average Bonchev–Trinajstić information content (AvgIpc) is 3.21. The summed E-state index contributed by atoms with van der Waals surface area (Å²) >= 11 is 1.45. The van der Waals surface area contributed by atoms with E-state index >= 15 is 0 Å². The smallest absolute Gasteiger partial charge is 0.313 e. The molecule has 0 saturated carbocycles. The molecule has 0 aliphatic carbocycles. The summed E-state index contributed by atoms with van der Waals surface area (Å²) in [6.45, 7) is 12.3. The number of aliphatic carboxylic acids is 1. The number of aromatic nitrogens is 2. The molecule has 10 heteroatoms. The normalized spacial score (nSPS) is 22.8. The largest absolute Gasteiger partial charge is 0.481 e. The van der Waals surface area contributed by atoms with Crippen molar-refractivity contribution in [2.24, 2.45) is 16.7 Å². The van der Waals surface area contributed by atoms with Crippen LogP contribution in [0.25, 0.3) is 10.6 Å². The zero-order valence-corrected chi connectivity index (χ0v) is 22.7. The fourth-order valence-corrected chi connectivity index (χ4v) is 5.49. The molecule has 1 fully saturated rings. The highest BCUT2D eigenvalue weighted by molar-refractivity contribution is 7.15. The van der Waals surface area contributed by atoms with Crippen LogP contribution in [0, 0.1) is 23.7 Å². The monoisotopic (exact) mass is 525 g/mol. The maximum Gasteiger partial charge on any atom is 0.313 e. The van der Waals surface area contributed by atoms with Gasteiger partial charge in [0.2, 0.25) is 12.2 Å². The van der Waals surface area contributed by atoms with Crippen molar-refractivity contribution < 1.29 is 28.2 Å². The number of carboxylic acid groups (broad SMARTS) is 1. The van der Waals surface area contributed by atoms with E-state index in [9.17, 15) is 18.7 Å². The van der Waals surface area contributed by atoms with Gasteiger partial charge in [0.15, 0.2) is 0 Å². The number of halogens is 2. The van der Waals surface area contributed by atoms with Gasteiger partial charge in [-0.25, -0.2) is 18.7 Å². The van der Waals surface area contributed by atoms with Crippen molar-refractivity contribution in [2.45, 2.75) is 67.0 Å². The van der Waals surface area contributed by atoms with E-state index < -0.39 is 23.9 Å². The minimum atomic E-state index is -1.51. The van der Waals surface area contributed by atoms with Crippen LogP contribution in [0.15, 0.2) is 18.5 Å². The molecule has 4 atom stereocenters. The Morgan fingerprint density at radius 3 is 2.64 bits per heavy atom. The molecule has 2 aromatic rings. The molecule has 0 bridgehead atoms. The van der Waals surface area contributed by atoms with Crippen molar-refractivity contribution >= 4 is 17.3 Å². The Kier molecular flexibility index (Phi) is 9.06. The fourth-order valence-electron chi connectivity index (χ4n) is 4.53. The number of carbonyl (C=O) groups is 1. The Morgan fingerprint density at radius 1 is 1.31 bits per heavy atom. The van der Waals surface area contributed by atoms with Gasteiger partial charge in [-0.1, -0.05) is 20.8 Å². The second kappa shape index (κ2) is 11.5. The van der Waals surface area contributed by atoms with Gasteiger partial charge in [0.05, 0.1) is 18.8 Å². The highest BCUT2D eigenvalue weighted by Crippen LogP contribution is 2.43. The van der Waals surface area contributed by atoms with Crippen LogP contribution in [0.2, 0.25) is 0 Å². The summed E-state index contributed by atoms with van der Waals surface area (Å²) in [5.74, 6) is -0.634. The van der Waals surface area contributed by atoms with Crippen molar-refractivity contribution in [3.8, 4) is 16.5 Å². The van der Waals surface area contributed by atoms with E-state index in [4.69, 9.17) is 9.47 Å². The lowest BCUT2D eigenvalue weighted by Crippen LogP contribution is -2.55. The molecule has 1 saturated heterocycles. The zero-order chi connectivity index (χ0) is 26.7. The van der Waals surface area contributed by atoms with E-state index in [0.717, 1.165) is 17.0 Å². The first kappa shape index (κ1) is 28.4. The number of nitrogens with zero attached hydrogens (tertiary/aromatic N) is 3. The lowest BCUT2D eigenvalue weighted by Gasteiger charge is -2.47. The third kappa shape index (κ3) is 7.20. The van der Waals surface area contributed by atoms with Crippen LogP contribution < -0.4 is 4.74 Å². The third-order valence-electron chi connectivity index (χ3n) is 6.47. The maximum absolute atomic E-state index is 13.5. The Bertz CT molecular complexity index is 1040. The molecule has 0 spiro atoms. The molecular formula is C26H37F2N3O4S. The van der Waals surface area contributed by atoms with Gasteiger partial charge in [-0.2, -0.15) is 0 Å². The second-order valence-corrected chi connectivity index (χ2v) is 12.1. The summed E-state index contributed by atoms with van der Waals surface area (Å²) in [6, 6.07) is 1.86. The van der Waals surface area contributed by atoms with Gasteiger partial charge >= 0.3 is 5.97 Å². The molecular weight excluding hydrogens is 488 g/mol. The van der Waals surface area contributed by atoms with Crippen LogP contribution >= 0.6 is 11.3 Å². The van der Waals surface area contributed by atoms with Gasteiger partial charge in [-0.3, -0.25) is 9.69 Å². The van der Waals surface area contributed by atoms with Crippen LogP contribution in [0.3, 0.4) is 0 Å². The van der Waals surface area contributed by atoms with Crippen LogP contribution in [0.4, 0.5) is 8.78 Å². The van der Waals surface area contributed by atoms with E-state index in [1.807, 2.05) is 13.0 Å². The number of aryl methyl sites for hydroxylation is 1. The Morgan fingerprint density at radius 2 is 2.03 bits per heavy atom. The number of likely N-dealkylation sites (tertiary alicyclic amines) is 1. The van der Waals surface area contributed by atoms with E-state index in [-0.39, 0.29) is 30.4 Å². The number of pyridine rings is 1. The molecule has 0 aromatic carbocycles. The first-order valence-electron chi connectivity index (χ1n) is 12.2. The number of ether oxygens (including phenoxy) is 2. The summed E-state index contributed by atoms with van der Waals surface area (Å²) < 4.78 is 37.7. The predicted octanol–water partition coefficient (Wildman–Crippen LogP) is 5.52. The Balaban J connectivity index is 1.85. The minimum absolute atomic E-state index is 0.0370. The van der Waals surface area contributed by atoms with E-state index in [2.05, 4.69) is 35.6 Å². The minimum Gasteiger partial charge on any atom is -0.481 e. The molecule has 0 radical (unpaired) electrons. The summed E-state index contributed by atoms with van der Waals surface area (Å²) in [6.07, 6.45) is 1.18. The van der Waals surface area contributed by atoms with E-state index in [1.165, 1.54) is 25.2 Å².